The Morgan fingerprint density at radius 1 is 1.38 bits per heavy atom. The number of alkyl halides is 1. The van der Waals surface area contributed by atoms with Crippen LogP contribution in [-0.2, 0) is 26.7 Å². The fourth-order valence-corrected chi connectivity index (χ4v) is 6.56. The molecule has 0 spiro atoms. The zero-order valence-corrected chi connectivity index (χ0v) is 19.8. The Bertz CT molecular complexity index is 916. The van der Waals surface area contributed by atoms with Crippen molar-refractivity contribution < 1.29 is 21.8 Å². The minimum absolute atomic E-state index is 0.250. The number of aromatic nitrogens is 1. The van der Waals surface area contributed by atoms with Gasteiger partial charge < -0.3 is 4.55 Å². The summed E-state index contributed by atoms with van der Waals surface area (Å²) in [4.78, 5) is 4.06. The molecule has 1 fully saturated rings. The summed E-state index contributed by atoms with van der Waals surface area (Å²) in [5.41, 5.74) is -2.05. The molecule has 29 heavy (non-hydrogen) atoms. The molecule has 3 atom stereocenters. The van der Waals surface area contributed by atoms with Crippen LogP contribution in [0.4, 0.5) is 8.78 Å². The Morgan fingerprint density at radius 2 is 1.97 bits per heavy atom. The number of nitrogens with one attached hydrogen (secondary N) is 1. The van der Waals surface area contributed by atoms with Gasteiger partial charge in [0.1, 0.15) is 33.1 Å². The molecule has 1 saturated carbocycles. The van der Waals surface area contributed by atoms with Gasteiger partial charge in [0.25, 0.3) is 0 Å². The minimum Gasteiger partial charge on any atom is -0.598 e. The van der Waals surface area contributed by atoms with E-state index < -0.39 is 60.4 Å². The number of hydrogen-bond acceptors (Lipinski definition) is 6. The van der Waals surface area contributed by atoms with E-state index in [4.69, 9.17) is 0 Å². The molecule has 0 radical (unpaired) electrons. The Balaban J connectivity index is 2.59. The molecule has 162 valence electrons. The molecule has 11 heteroatoms. The van der Waals surface area contributed by atoms with Gasteiger partial charge >= 0.3 is 0 Å². The molecular weight excluding hydrogens is 488 g/mol. The van der Waals surface area contributed by atoms with Crippen molar-refractivity contribution in [2.45, 2.75) is 55.6 Å². The molecule has 2 rings (SSSR count). The summed E-state index contributed by atoms with van der Waals surface area (Å²) in [6, 6.07) is 4.11. The lowest BCUT2D eigenvalue weighted by molar-refractivity contribution is 0.382. The third kappa shape index (κ3) is 4.93. The monoisotopic (exact) mass is 511 g/mol. The van der Waals surface area contributed by atoms with Crippen LogP contribution in [0.15, 0.2) is 16.7 Å². The van der Waals surface area contributed by atoms with E-state index in [1.54, 1.807) is 26.8 Å². The van der Waals surface area contributed by atoms with Crippen LogP contribution in [0.2, 0.25) is 0 Å². The van der Waals surface area contributed by atoms with Gasteiger partial charge in [-0.2, -0.15) is 5.26 Å². The summed E-state index contributed by atoms with van der Waals surface area (Å²) in [6.45, 7) is 4.99. The molecule has 0 amide bonds. The molecule has 2 unspecified atom stereocenters. The largest absolute Gasteiger partial charge is 0.598 e. The molecular formula is C18H24BrF2N3O3S2. The highest BCUT2D eigenvalue weighted by atomic mass is 79.9. The first kappa shape index (κ1) is 24.5. The van der Waals surface area contributed by atoms with E-state index >= 15 is 0 Å². The predicted octanol–water partition coefficient (Wildman–Crippen LogP) is 3.31. The second kappa shape index (κ2) is 8.38. The summed E-state index contributed by atoms with van der Waals surface area (Å²) in [7, 11) is -4.40. The van der Waals surface area contributed by atoms with Crippen LogP contribution in [0, 0.1) is 23.1 Å². The summed E-state index contributed by atoms with van der Waals surface area (Å²) >= 11 is 1.34. The van der Waals surface area contributed by atoms with Crippen molar-refractivity contribution in [3.05, 3.63) is 28.2 Å². The van der Waals surface area contributed by atoms with E-state index in [0.717, 1.165) is 6.07 Å². The molecule has 0 aliphatic heterocycles. The molecule has 1 heterocycles. The average Bonchev–Trinajstić information content (AvgIpc) is 3.42. The number of nitriles is 1. The molecule has 6 nitrogen and oxygen atoms in total. The normalized spacial score (nSPS) is 20.4. The summed E-state index contributed by atoms with van der Waals surface area (Å²) in [5, 5.41) is 9.55. The van der Waals surface area contributed by atoms with Crippen LogP contribution >= 0.6 is 15.9 Å². The lowest BCUT2D eigenvalue weighted by Crippen LogP contribution is -2.57. The van der Waals surface area contributed by atoms with E-state index in [9.17, 15) is 27.0 Å². The first-order valence-corrected chi connectivity index (χ1v) is 12.5. The number of sulfone groups is 1. The quantitative estimate of drug-likeness (QED) is 0.423. The second-order valence-corrected chi connectivity index (χ2v) is 13.5. The number of hydrogen-bond donors (Lipinski definition) is 1. The predicted molar refractivity (Wildman–Crippen MR) is 111 cm³/mol. The zero-order valence-electron chi connectivity index (χ0n) is 16.6. The topological polar surface area (TPSA) is 106 Å². The van der Waals surface area contributed by atoms with Gasteiger partial charge in [-0.15, -0.1) is 4.72 Å². The van der Waals surface area contributed by atoms with Crippen molar-refractivity contribution in [1.29, 1.82) is 5.26 Å². The highest BCUT2D eigenvalue weighted by Crippen LogP contribution is 2.46. The van der Waals surface area contributed by atoms with E-state index in [2.05, 4.69) is 25.6 Å². The fraction of sp³-hybridized carbons (Fsp3) is 0.667. The summed E-state index contributed by atoms with van der Waals surface area (Å²) < 4.78 is 67.8. The van der Waals surface area contributed by atoms with E-state index in [1.807, 2.05) is 0 Å². The number of halogens is 3. The maximum atomic E-state index is 14.7. The van der Waals surface area contributed by atoms with Crippen LogP contribution in [0.3, 0.4) is 0 Å². The average molecular weight is 512 g/mol. The highest BCUT2D eigenvalue weighted by Gasteiger charge is 2.58. The van der Waals surface area contributed by atoms with Crippen LogP contribution in [0.25, 0.3) is 0 Å². The Hall–Kier alpha value is -0.800. The van der Waals surface area contributed by atoms with E-state index in [1.165, 1.54) is 13.0 Å². The lowest BCUT2D eigenvalue weighted by Gasteiger charge is -2.36. The highest BCUT2D eigenvalue weighted by molar-refractivity contribution is 9.10. The smallest absolute Gasteiger partial charge is 0.189 e. The van der Waals surface area contributed by atoms with Crippen molar-refractivity contribution in [3.8, 4) is 6.07 Å². The number of rotatable bonds is 8. The molecule has 1 aliphatic carbocycles. The van der Waals surface area contributed by atoms with Crippen molar-refractivity contribution in [2.75, 3.05) is 12.4 Å². The minimum atomic E-state index is -4.40. The molecule has 1 aliphatic rings. The van der Waals surface area contributed by atoms with Crippen LogP contribution in [0.1, 0.15) is 46.2 Å². The lowest BCUT2D eigenvalue weighted by atomic mass is 10.0. The van der Waals surface area contributed by atoms with Crippen LogP contribution in [0.5, 0.6) is 0 Å². The molecule has 1 aromatic heterocycles. The second-order valence-electron chi connectivity index (χ2n) is 8.45. The molecule has 0 aromatic carbocycles. The van der Waals surface area contributed by atoms with Crippen LogP contribution in [-0.4, -0.2) is 39.9 Å². The third-order valence-electron chi connectivity index (χ3n) is 4.87. The van der Waals surface area contributed by atoms with Crippen molar-refractivity contribution in [3.63, 3.8) is 0 Å². The standard InChI is InChI=1S/C18H24BrF2N3O3S2/c1-16(2,3)28(25)24-17(4,15-13(21)7-8-14(19)23-15)11-29(26,27)18(9-20,10-22)12-5-6-12/h7-8,12,24H,5-6,9,11H2,1-4H3/t17?,18?,28-/m1/s1. The maximum absolute atomic E-state index is 14.7. The summed E-state index contributed by atoms with van der Waals surface area (Å²) in [6.07, 6.45) is 0.858. The van der Waals surface area contributed by atoms with E-state index in [-0.39, 0.29) is 10.3 Å². The molecule has 0 saturated heterocycles. The number of nitrogens with zero attached hydrogens (tertiary/aromatic N) is 2. The first-order chi connectivity index (χ1) is 13.2. The van der Waals surface area contributed by atoms with Gasteiger partial charge in [-0.25, -0.2) is 22.2 Å². The maximum Gasteiger partial charge on any atom is 0.189 e. The van der Waals surface area contributed by atoms with E-state index in [0.29, 0.717) is 12.8 Å². The Kier molecular flexibility index (Phi) is 7.07. The molecule has 0 bridgehead atoms. The SMILES string of the molecule is CC(CS(=O)(=O)C(C#N)(CF)C1CC1)(N[S@+]([O-])C(C)(C)C)c1nc(Br)ccc1F. The van der Waals surface area contributed by atoms with Crippen LogP contribution < -0.4 is 4.72 Å². The molecule has 1 aromatic rings. The van der Waals surface area contributed by atoms with Gasteiger partial charge in [-0.3, -0.25) is 0 Å². The number of pyridine rings is 1. The van der Waals surface area contributed by atoms with Gasteiger partial charge in [0.05, 0.1) is 11.8 Å². The zero-order chi connectivity index (χ0) is 22.3. The van der Waals surface area contributed by atoms with Crippen molar-refractivity contribution in [1.82, 2.24) is 9.71 Å². The Morgan fingerprint density at radius 3 is 2.41 bits per heavy atom. The van der Waals surface area contributed by atoms with Gasteiger partial charge in [-0.05, 0) is 74.5 Å². The third-order valence-corrected chi connectivity index (χ3v) is 9.66. The van der Waals surface area contributed by atoms with Gasteiger partial charge in [0, 0.05) is 11.4 Å². The van der Waals surface area contributed by atoms with Crippen molar-refractivity contribution >= 4 is 37.1 Å². The van der Waals surface area contributed by atoms with Gasteiger partial charge in [0.2, 0.25) is 0 Å². The van der Waals surface area contributed by atoms with Crippen molar-refractivity contribution in [2.24, 2.45) is 5.92 Å². The molecule has 1 N–H and O–H groups in total. The van der Waals surface area contributed by atoms with Gasteiger partial charge in [0.15, 0.2) is 14.6 Å². The summed E-state index contributed by atoms with van der Waals surface area (Å²) in [5.74, 6) is -2.25. The Labute approximate surface area is 181 Å². The first-order valence-electron chi connectivity index (χ1n) is 8.94. The fourth-order valence-electron chi connectivity index (χ4n) is 3.00. The van der Waals surface area contributed by atoms with Gasteiger partial charge in [-0.1, -0.05) is 0 Å².